The Hall–Kier alpha value is -2.45. The molecule has 0 bridgehead atoms. The van der Waals surface area contributed by atoms with Crippen LogP contribution in [0.2, 0.25) is 0 Å². The maximum Gasteiger partial charge on any atom is 0.247 e. The lowest BCUT2D eigenvalue weighted by atomic mass is 10.1. The second-order valence-electron chi connectivity index (χ2n) is 5.87. The number of nitrogens with one attached hydrogen (secondary N) is 1. The number of hydrogen-bond acceptors (Lipinski definition) is 4. The summed E-state index contributed by atoms with van der Waals surface area (Å²) in [7, 11) is -1.56. The molecule has 6 nitrogen and oxygen atoms in total. The molecule has 1 amide bonds. The van der Waals surface area contributed by atoms with Crippen LogP contribution in [-0.2, 0) is 14.8 Å². The number of carbonyl (C=O) groups is 1. The molecular weight excluding hydrogens is 359 g/mol. The number of methoxy groups -OCH3 is 1. The molecule has 2 rings (SSSR count). The Kier molecular flexibility index (Phi) is 5.99. The van der Waals surface area contributed by atoms with E-state index in [9.17, 15) is 17.6 Å². The van der Waals surface area contributed by atoms with E-state index >= 15 is 0 Å². The quantitative estimate of drug-likeness (QED) is 0.836. The van der Waals surface area contributed by atoms with E-state index in [1.807, 2.05) is 32.0 Å². The number of ether oxygens (including phenoxy) is 1. The lowest BCUT2D eigenvalue weighted by Crippen LogP contribution is -2.35. The number of benzene rings is 2. The third-order valence-corrected chi connectivity index (χ3v) is 5.75. The van der Waals surface area contributed by atoms with Gasteiger partial charge < -0.3 is 10.1 Å². The summed E-state index contributed by atoms with van der Waals surface area (Å²) in [5.41, 5.74) is 2.39. The second-order valence-corrected chi connectivity index (χ2v) is 7.88. The zero-order valence-corrected chi connectivity index (χ0v) is 15.9. The highest BCUT2D eigenvalue weighted by Gasteiger charge is 2.27. The largest absolute Gasteiger partial charge is 0.495 e. The number of carbonyl (C=O) groups excluding carboxylic acids is 1. The van der Waals surface area contributed by atoms with Crippen molar-refractivity contribution in [2.45, 2.75) is 18.7 Å². The fourth-order valence-corrected chi connectivity index (χ4v) is 3.79. The number of rotatable bonds is 6. The van der Waals surface area contributed by atoms with E-state index in [1.165, 1.54) is 20.2 Å². The molecule has 1 N–H and O–H groups in total. The number of likely N-dealkylation sites (N-methyl/N-ethyl adjacent to an activating group) is 1. The number of nitrogens with zero attached hydrogens (tertiary/aromatic N) is 1. The highest BCUT2D eigenvalue weighted by Crippen LogP contribution is 2.27. The van der Waals surface area contributed by atoms with Gasteiger partial charge >= 0.3 is 0 Å². The normalized spacial score (nSPS) is 11.5. The van der Waals surface area contributed by atoms with Crippen molar-refractivity contribution in [3.63, 3.8) is 0 Å². The van der Waals surface area contributed by atoms with Gasteiger partial charge in [-0.1, -0.05) is 18.2 Å². The molecule has 8 heteroatoms. The summed E-state index contributed by atoms with van der Waals surface area (Å²) in [6.45, 7) is 3.27. The van der Waals surface area contributed by atoms with Crippen molar-refractivity contribution in [3.8, 4) is 5.75 Å². The highest BCUT2D eigenvalue weighted by atomic mass is 32.2. The molecule has 0 saturated carbocycles. The van der Waals surface area contributed by atoms with E-state index in [4.69, 9.17) is 4.74 Å². The van der Waals surface area contributed by atoms with Crippen LogP contribution in [0.15, 0.2) is 41.3 Å². The molecule has 0 unspecified atom stereocenters. The Morgan fingerprint density at radius 2 is 1.81 bits per heavy atom. The molecule has 140 valence electrons. The first-order valence-electron chi connectivity index (χ1n) is 7.82. The van der Waals surface area contributed by atoms with Crippen LogP contribution in [0.4, 0.5) is 10.1 Å². The average molecular weight is 380 g/mol. The van der Waals surface area contributed by atoms with Gasteiger partial charge in [0.1, 0.15) is 16.5 Å². The standard InChI is InChI=1S/C18H21FN2O4S/c1-12-6-5-7-13(2)18(12)20-17(22)11-21(3)26(23,24)16-10-14(19)8-9-15(16)25-4/h5-10H,11H2,1-4H3,(H,20,22). The molecule has 0 aliphatic carbocycles. The molecule has 0 heterocycles. The van der Waals surface area contributed by atoms with Gasteiger partial charge in [0, 0.05) is 12.7 Å². The molecule has 0 aliphatic heterocycles. The molecule has 0 atom stereocenters. The van der Waals surface area contributed by atoms with Crippen LogP contribution in [0.1, 0.15) is 11.1 Å². The van der Waals surface area contributed by atoms with E-state index in [0.717, 1.165) is 27.6 Å². The topological polar surface area (TPSA) is 75.7 Å². The number of para-hydroxylation sites is 1. The predicted octanol–water partition coefficient (Wildman–Crippen LogP) is 2.71. The SMILES string of the molecule is COc1ccc(F)cc1S(=O)(=O)N(C)CC(=O)Nc1c(C)cccc1C. The van der Waals surface area contributed by atoms with E-state index < -0.39 is 28.3 Å². The minimum Gasteiger partial charge on any atom is -0.495 e. The summed E-state index contributed by atoms with van der Waals surface area (Å²) in [4.78, 5) is 12.0. The zero-order valence-electron chi connectivity index (χ0n) is 15.0. The molecule has 26 heavy (non-hydrogen) atoms. The van der Waals surface area contributed by atoms with Crippen LogP contribution in [0.3, 0.4) is 0 Å². The second kappa shape index (κ2) is 7.84. The van der Waals surface area contributed by atoms with E-state index in [2.05, 4.69) is 5.32 Å². The van der Waals surface area contributed by atoms with Crippen molar-refractivity contribution in [1.29, 1.82) is 0 Å². The van der Waals surface area contributed by atoms with Gasteiger partial charge in [-0.15, -0.1) is 0 Å². The summed E-state index contributed by atoms with van der Waals surface area (Å²) < 4.78 is 44.7. The monoisotopic (exact) mass is 380 g/mol. The minimum absolute atomic E-state index is 0.00778. The van der Waals surface area contributed by atoms with Crippen LogP contribution in [0, 0.1) is 19.7 Å². The molecule has 0 fully saturated rings. The summed E-state index contributed by atoms with van der Waals surface area (Å²) >= 11 is 0. The van der Waals surface area contributed by atoms with Gasteiger partial charge in [0.25, 0.3) is 0 Å². The fraction of sp³-hybridized carbons (Fsp3) is 0.278. The van der Waals surface area contributed by atoms with Gasteiger partial charge in [-0.2, -0.15) is 4.31 Å². The first kappa shape index (κ1) is 19.9. The first-order chi connectivity index (χ1) is 12.2. The number of anilines is 1. The van der Waals surface area contributed by atoms with E-state index in [-0.39, 0.29) is 10.6 Å². The third-order valence-electron chi connectivity index (χ3n) is 3.93. The summed E-state index contributed by atoms with van der Waals surface area (Å²) in [6, 6.07) is 8.76. The Morgan fingerprint density at radius 3 is 2.38 bits per heavy atom. The maximum absolute atomic E-state index is 13.5. The van der Waals surface area contributed by atoms with Crippen molar-refractivity contribution in [1.82, 2.24) is 4.31 Å². The smallest absolute Gasteiger partial charge is 0.247 e. The molecule has 2 aromatic rings. The molecule has 0 aromatic heterocycles. The average Bonchev–Trinajstić information content (AvgIpc) is 2.58. The van der Waals surface area contributed by atoms with Crippen LogP contribution in [-0.4, -0.2) is 39.3 Å². The summed E-state index contributed by atoms with van der Waals surface area (Å²) in [5.74, 6) is -1.20. The van der Waals surface area contributed by atoms with Gasteiger partial charge in [-0.3, -0.25) is 4.79 Å². The molecule has 0 spiro atoms. The van der Waals surface area contributed by atoms with E-state index in [0.29, 0.717) is 5.69 Å². The minimum atomic E-state index is -4.10. The van der Waals surface area contributed by atoms with Crippen LogP contribution in [0.25, 0.3) is 0 Å². The summed E-state index contributed by atoms with van der Waals surface area (Å²) in [6.07, 6.45) is 0. The number of halogens is 1. The van der Waals surface area contributed by atoms with Gasteiger partial charge in [-0.05, 0) is 43.2 Å². The fourth-order valence-electron chi connectivity index (χ4n) is 2.50. The lowest BCUT2D eigenvalue weighted by Gasteiger charge is -2.19. The summed E-state index contributed by atoms with van der Waals surface area (Å²) in [5, 5.41) is 2.72. The van der Waals surface area contributed by atoms with Crippen molar-refractivity contribution in [2.75, 3.05) is 26.0 Å². The van der Waals surface area contributed by atoms with Gasteiger partial charge in [0.05, 0.1) is 13.7 Å². The van der Waals surface area contributed by atoms with Crippen molar-refractivity contribution in [2.24, 2.45) is 0 Å². The molecule has 2 aromatic carbocycles. The Bertz CT molecular complexity index is 909. The Morgan fingerprint density at radius 1 is 1.19 bits per heavy atom. The van der Waals surface area contributed by atoms with Crippen LogP contribution < -0.4 is 10.1 Å². The van der Waals surface area contributed by atoms with Crippen molar-refractivity contribution in [3.05, 3.63) is 53.3 Å². The van der Waals surface area contributed by atoms with Gasteiger partial charge in [0.15, 0.2) is 0 Å². The van der Waals surface area contributed by atoms with Crippen molar-refractivity contribution >= 4 is 21.6 Å². The highest BCUT2D eigenvalue weighted by molar-refractivity contribution is 7.89. The molecule has 0 saturated heterocycles. The van der Waals surface area contributed by atoms with Crippen LogP contribution >= 0.6 is 0 Å². The number of hydrogen-bond donors (Lipinski definition) is 1. The third kappa shape index (κ3) is 4.20. The lowest BCUT2D eigenvalue weighted by molar-refractivity contribution is -0.116. The zero-order chi connectivity index (χ0) is 19.5. The maximum atomic E-state index is 13.5. The molecular formula is C18H21FN2O4S. The first-order valence-corrected chi connectivity index (χ1v) is 9.26. The number of sulfonamides is 1. The predicted molar refractivity (Wildman–Crippen MR) is 97.3 cm³/mol. The van der Waals surface area contributed by atoms with Crippen LogP contribution in [0.5, 0.6) is 5.75 Å². The number of amides is 1. The Balaban J connectivity index is 2.22. The van der Waals surface area contributed by atoms with E-state index in [1.54, 1.807) is 0 Å². The Labute approximate surface area is 152 Å². The van der Waals surface area contributed by atoms with Gasteiger partial charge in [-0.25, -0.2) is 12.8 Å². The van der Waals surface area contributed by atoms with Crippen molar-refractivity contribution < 1.29 is 22.3 Å². The molecule has 0 aliphatic rings. The molecule has 0 radical (unpaired) electrons. The van der Waals surface area contributed by atoms with Gasteiger partial charge in [0.2, 0.25) is 15.9 Å². The number of aryl methyl sites for hydroxylation is 2.